The average Bonchev–Trinajstić information content (AvgIpc) is 3.42. The highest BCUT2D eigenvalue weighted by molar-refractivity contribution is 7.16. The minimum Gasteiger partial charge on any atom is -0.477 e. The molecule has 0 aromatic carbocycles. The first-order chi connectivity index (χ1) is 14.5. The molecule has 0 aliphatic heterocycles. The summed E-state index contributed by atoms with van der Waals surface area (Å²) >= 11 is 2.03. The smallest absolute Gasteiger partial charge is 0.388 e. The Bertz CT molecular complexity index is 1320. The molecule has 0 bridgehead atoms. The number of pyridine rings is 2. The Balaban J connectivity index is 1.74. The monoisotopic (exact) mass is 436 g/mol. The van der Waals surface area contributed by atoms with E-state index in [1.807, 2.05) is 6.07 Å². The van der Waals surface area contributed by atoms with Crippen molar-refractivity contribution in [1.82, 2.24) is 14.3 Å². The summed E-state index contributed by atoms with van der Waals surface area (Å²) in [6, 6.07) is 6.91. The van der Waals surface area contributed by atoms with Crippen LogP contribution in [0.5, 0.6) is 0 Å². The highest BCUT2D eigenvalue weighted by Gasteiger charge is 2.27. The summed E-state index contributed by atoms with van der Waals surface area (Å²) in [5.41, 5.74) is 2.10. The summed E-state index contributed by atoms with van der Waals surface area (Å²) in [5, 5.41) is 29.9. The number of aromatic nitrogens is 4. The first kappa shape index (κ1) is 19.3. The van der Waals surface area contributed by atoms with Gasteiger partial charge in [-0.05, 0) is 51.6 Å². The fourth-order valence-electron chi connectivity index (χ4n) is 2.72. The molecule has 4 rings (SSSR count). The molecule has 0 atom stereocenters. The van der Waals surface area contributed by atoms with Crippen molar-refractivity contribution in [3.8, 4) is 33.6 Å². The summed E-state index contributed by atoms with van der Waals surface area (Å²) < 4.78 is 5.52. The van der Waals surface area contributed by atoms with Crippen LogP contribution in [0.15, 0.2) is 48.4 Å². The zero-order valence-corrected chi connectivity index (χ0v) is 16.5. The molecule has 0 aliphatic carbocycles. The Morgan fingerprint density at radius 1 is 1.10 bits per heavy atom. The maximum absolute atomic E-state index is 11.7. The topological polar surface area (TPSA) is 141 Å². The van der Waals surface area contributed by atoms with E-state index < -0.39 is 11.9 Å². The first-order valence-electron chi connectivity index (χ1n) is 8.27. The summed E-state index contributed by atoms with van der Waals surface area (Å²) in [5.74, 6) is -2.24. The average molecular weight is 436 g/mol. The van der Waals surface area contributed by atoms with Crippen LogP contribution in [0.25, 0.3) is 27.5 Å². The van der Waals surface area contributed by atoms with E-state index in [1.54, 1.807) is 34.5 Å². The van der Waals surface area contributed by atoms with Crippen LogP contribution < -0.4 is 4.57 Å². The number of nitrogens with zero attached hydrogens (tertiary/aromatic N) is 5. The molecular formula is C19H10N5O4S2+. The molecule has 0 radical (unpaired) electrons. The number of nitriles is 1. The van der Waals surface area contributed by atoms with Crippen molar-refractivity contribution in [2.24, 2.45) is 0 Å². The van der Waals surface area contributed by atoms with Gasteiger partial charge in [-0.15, -0.1) is 0 Å². The molecule has 146 valence electrons. The second-order valence-electron chi connectivity index (χ2n) is 5.93. The number of aromatic carboxylic acids is 2. The van der Waals surface area contributed by atoms with Gasteiger partial charge in [0, 0.05) is 28.9 Å². The van der Waals surface area contributed by atoms with Gasteiger partial charge in [-0.1, -0.05) is 0 Å². The molecule has 9 nitrogen and oxygen atoms in total. The van der Waals surface area contributed by atoms with E-state index in [0.717, 1.165) is 22.9 Å². The van der Waals surface area contributed by atoms with E-state index in [9.17, 15) is 19.8 Å². The lowest BCUT2D eigenvalue weighted by molar-refractivity contribution is -0.595. The van der Waals surface area contributed by atoms with E-state index in [2.05, 4.69) is 14.3 Å². The quantitative estimate of drug-likeness (QED) is 0.455. The van der Waals surface area contributed by atoms with Gasteiger partial charge in [0.05, 0.1) is 18.0 Å². The fraction of sp³-hybridized carbons (Fsp3) is 0. The molecule has 4 aromatic heterocycles. The Labute approximate surface area is 177 Å². The van der Waals surface area contributed by atoms with E-state index in [-0.39, 0.29) is 16.3 Å². The lowest BCUT2D eigenvalue weighted by Crippen LogP contribution is -2.28. The first-order valence-corrected chi connectivity index (χ1v) is 9.92. The SMILES string of the molecule is N#Cc1cncc(-c2nc(-[n+]3ccc(-c4csnc4C(=O)O)cc3)sc2C(=O)O)c1. The number of thiazole rings is 1. The van der Waals surface area contributed by atoms with Crippen molar-refractivity contribution in [3.63, 3.8) is 0 Å². The van der Waals surface area contributed by atoms with Crippen LogP contribution >= 0.6 is 22.9 Å². The number of rotatable bonds is 5. The number of hydrogen-bond acceptors (Lipinski definition) is 8. The molecule has 0 fully saturated rings. The lowest BCUT2D eigenvalue weighted by atomic mass is 10.1. The lowest BCUT2D eigenvalue weighted by Gasteiger charge is -1.99. The summed E-state index contributed by atoms with van der Waals surface area (Å²) in [4.78, 5) is 31.4. The van der Waals surface area contributed by atoms with Crippen molar-refractivity contribution >= 4 is 34.8 Å². The van der Waals surface area contributed by atoms with Gasteiger partial charge in [-0.25, -0.2) is 9.59 Å². The van der Waals surface area contributed by atoms with Crippen molar-refractivity contribution in [2.75, 3.05) is 0 Å². The number of carbonyl (C=O) groups is 2. The van der Waals surface area contributed by atoms with E-state index >= 15 is 0 Å². The van der Waals surface area contributed by atoms with Crippen LogP contribution in [-0.2, 0) is 0 Å². The Morgan fingerprint density at radius 3 is 2.53 bits per heavy atom. The fourth-order valence-corrected chi connectivity index (χ4v) is 4.30. The zero-order chi connectivity index (χ0) is 21.3. The molecule has 0 unspecified atom stereocenters. The normalized spacial score (nSPS) is 10.5. The maximum Gasteiger partial charge on any atom is 0.388 e. The third-order valence-electron chi connectivity index (χ3n) is 4.08. The molecule has 0 saturated heterocycles. The second kappa shape index (κ2) is 7.78. The standard InChI is InChI=1S/C19H9N5O4S2/c20-6-10-5-12(8-21-7-10)14-16(18(27)28)30-19(22-14)24-3-1-11(2-4-24)13-9-29-23-15(13)17(25)26/h1-5,7-9H,(H-,25,26,27,28)/p+1. The molecule has 0 amide bonds. The molecule has 30 heavy (non-hydrogen) atoms. The molecule has 4 heterocycles. The molecule has 4 aromatic rings. The summed E-state index contributed by atoms with van der Waals surface area (Å²) in [7, 11) is 0. The Morgan fingerprint density at radius 2 is 1.87 bits per heavy atom. The highest BCUT2D eigenvalue weighted by Crippen LogP contribution is 2.29. The van der Waals surface area contributed by atoms with Crippen LogP contribution in [0.2, 0.25) is 0 Å². The van der Waals surface area contributed by atoms with Gasteiger partial charge in [-0.3, -0.25) is 4.98 Å². The van der Waals surface area contributed by atoms with E-state index in [4.69, 9.17) is 5.26 Å². The predicted octanol–water partition coefficient (Wildman–Crippen LogP) is 2.87. The maximum atomic E-state index is 11.7. The molecular weight excluding hydrogens is 426 g/mol. The summed E-state index contributed by atoms with van der Waals surface area (Å²) in [6.45, 7) is 0. The minimum absolute atomic E-state index is 0.0210. The van der Waals surface area contributed by atoms with E-state index in [0.29, 0.717) is 27.4 Å². The Hall–Kier alpha value is -4.01. The summed E-state index contributed by atoms with van der Waals surface area (Å²) in [6.07, 6.45) is 6.17. The van der Waals surface area contributed by atoms with Crippen molar-refractivity contribution in [1.29, 1.82) is 5.26 Å². The van der Waals surface area contributed by atoms with Gasteiger partial charge in [0.2, 0.25) is 5.69 Å². The van der Waals surface area contributed by atoms with Gasteiger partial charge >= 0.3 is 17.1 Å². The van der Waals surface area contributed by atoms with Gasteiger partial charge in [0.25, 0.3) is 0 Å². The van der Waals surface area contributed by atoms with Gasteiger partial charge in [-0.2, -0.15) is 14.2 Å². The minimum atomic E-state index is -1.14. The molecule has 2 N–H and O–H groups in total. The Kier molecular flexibility index (Phi) is 5.01. The number of carboxylic acids is 2. The van der Waals surface area contributed by atoms with Crippen LogP contribution in [-0.4, -0.2) is 36.5 Å². The van der Waals surface area contributed by atoms with Crippen LogP contribution in [0.3, 0.4) is 0 Å². The van der Waals surface area contributed by atoms with Crippen LogP contribution in [0.4, 0.5) is 0 Å². The molecule has 0 saturated carbocycles. The number of hydrogen-bond donors (Lipinski definition) is 2. The zero-order valence-electron chi connectivity index (χ0n) is 14.9. The van der Waals surface area contributed by atoms with Crippen LogP contribution in [0, 0.1) is 11.3 Å². The number of carboxylic acid groups (broad SMARTS) is 2. The van der Waals surface area contributed by atoms with Crippen LogP contribution in [0.1, 0.15) is 25.7 Å². The second-order valence-corrected chi connectivity index (χ2v) is 7.54. The highest BCUT2D eigenvalue weighted by atomic mass is 32.1. The van der Waals surface area contributed by atoms with Gasteiger partial charge < -0.3 is 10.2 Å². The predicted molar refractivity (Wildman–Crippen MR) is 107 cm³/mol. The third kappa shape index (κ3) is 3.52. The van der Waals surface area contributed by atoms with E-state index in [1.165, 1.54) is 18.5 Å². The molecule has 11 heteroatoms. The van der Waals surface area contributed by atoms with Crippen molar-refractivity contribution in [3.05, 3.63) is 64.5 Å². The molecule has 0 aliphatic rings. The van der Waals surface area contributed by atoms with Crippen molar-refractivity contribution in [2.45, 2.75) is 0 Å². The van der Waals surface area contributed by atoms with Crippen molar-refractivity contribution < 1.29 is 24.4 Å². The van der Waals surface area contributed by atoms with Gasteiger partial charge in [0.1, 0.15) is 6.07 Å². The third-order valence-corrected chi connectivity index (χ3v) is 5.77. The van der Waals surface area contributed by atoms with Gasteiger partial charge in [0.15, 0.2) is 10.6 Å². The molecule has 0 spiro atoms. The largest absolute Gasteiger partial charge is 0.477 e.